The van der Waals surface area contributed by atoms with Gasteiger partial charge in [0, 0.05) is 12.5 Å². The summed E-state index contributed by atoms with van der Waals surface area (Å²) in [6, 6.07) is 3.10. The van der Waals surface area contributed by atoms with Crippen LogP contribution in [-0.4, -0.2) is 25.5 Å². The summed E-state index contributed by atoms with van der Waals surface area (Å²) in [5.74, 6) is -0.527. The predicted molar refractivity (Wildman–Crippen MR) is 84.6 cm³/mol. The minimum absolute atomic E-state index is 0.115. The fraction of sp³-hybridized carbons (Fsp3) is 0.438. The summed E-state index contributed by atoms with van der Waals surface area (Å²) in [6.45, 7) is 11.1. The van der Waals surface area contributed by atoms with Crippen LogP contribution in [0.25, 0.3) is 0 Å². The van der Waals surface area contributed by atoms with Gasteiger partial charge in [-0.15, -0.1) is 0 Å². The fourth-order valence-corrected chi connectivity index (χ4v) is 3.10. The molecule has 0 saturated heterocycles. The average molecular weight is 326 g/mol. The second-order valence-electron chi connectivity index (χ2n) is 6.06. The zero-order chi connectivity index (χ0) is 17.1. The number of hydrogen-bond acceptors (Lipinski definition) is 4. The quantitative estimate of drug-likeness (QED) is 0.511. The summed E-state index contributed by atoms with van der Waals surface area (Å²) in [5.41, 5.74) is 1.98. The number of hydrogen-bond donors (Lipinski definition) is 1. The van der Waals surface area contributed by atoms with Crippen molar-refractivity contribution in [1.82, 2.24) is 0 Å². The van der Waals surface area contributed by atoms with Gasteiger partial charge in [0.25, 0.3) is 10.1 Å². The summed E-state index contributed by atoms with van der Waals surface area (Å²) in [7, 11) is -4.29. The number of ether oxygens (including phenoxy) is 1. The molecular formula is C16H22O5S. The van der Waals surface area contributed by atoms with Gasteiger partial charge < -0.3 is 4.74 Å². The van der Waals surface area contributed by atoms with Crippen molar-refractivity contribution in [3.05, 3.63) is 41.5 Å². The third-order valence-corrected chi connectivity index (χ3v) is 4.40. The van der Waals surface area contributed by atoms with Crippen molar-refractivity contribution >= 4 is 16.1 Å². The van der Waals surface area contributed by atoms with Gasteiger partial charge in [-0.2, -0.15) is 8.42 Å². The summed E-state index contributed by atoms with van der Waals surface area (Å²) < 4.78 is 37.2. The lowest BCUT2D eigenvalue weighted by Gasteiger charge is -2.25. The van der Waals surface area contributed by atoms with Crippen molar-refractivity contribution < 1.29 is 22.5 Å². The molecule has 1 rings (SSSR count). The van der Waals surface area contributed by atoms with Crippen LogP contribution in [0.3, 0.4) is 0 Å². The molecule has 122 valence electrons. The van der Waals surface area contributed by atoms with Gasteiger partial charge in [0.2, 0.25) is 0 Å². The topological polar surface area (TPSA) is 80.7 Å². The van der Waals surface area contributed by atoms with Crippen molar-refractivity contribution in [1.29, 1.82) is 0 Å². The van der Waals surface area contributed by atoms with Crippen LogP contribution >= 0.6 is 0 Å². The molecule has 6 heteroatoms. The summed E-state index contributed by atoms with van der Waals surface area (Å²) >= 11 is 0. The first-order valence-electron chi connectivity index (χ1n) is 6.88. The molecule has 0 aromatic heterocycles. The predicted octanol–water partition coefficient (Wildman–Crippen LogP) is 2.81. The van der Waals surface area contributed by atoms with E-state index in [1.165, 1.54) is 6.07 Å². The molecule has 0 spiro atoms. The van der Waals surface area contributed by atoms with E-state index in [1.807, 2.05) is 20.8 Å². The number of carbonyl (C=O) groups is 1. The molecule has 1 aromatic rings. The Morgan fingerprint density at radius 2 is 1.95 bits per heavy atom. The number of benzene rings is 1. The Labute approximate surface area is 131 Å². The van der Waals surface area contributed by atoms with Crippen LogP contribution in [-0.2, 0) is 31.5 Å². The highest BCUT2D eigenvalue weighted by molar-refractivity contribution is 7.85. The molecule has 5 nitrogen and oxygen atoms in total. The monoisotopic (exact) mass is 326 g/mol. The molecular weight excluding hydrogens is 304 g/mol. The highest BCUT2D eigenvalue weighted by Crippen LogP contribution is 2.31. The van der Waals surface area contributed by atoms with Crippen molar-refractivity contribution in [2.45, 2.75) is 44.4 Å². The van der Waals surface area contributed by atoms with Gasteiger partial charge in [0.05, 0.1) is 11.5 Å². The van der Waals surface area contributed by atoms with Crippen LogP contribution in [0.15, 0.2) is 29.7 Å². The molecule has 22 heavy (non-hydrogen) atoms. The number of carbonyl (C=O) groups excluding carboxylic acids is 1. The maximum atomic E-state index is 11.5. The van der Waals surface area contributed by atoms with Crippen molar-refractivity contribution in [3.63, 3.8) is 0 Å². The van der Waals surface area contributed by atoms with E-state index in [2.05, 4.69) is 6.58 Å². The van der Waals surface area contributed by atoms with Crippen LogP contribution in [0.4, 0.5) is 0 Å². The van der Waals surface area contributed by atoms with Gasteiger partial charge in [-0.1, -0.05) is 33.4 Å². The van der Waals surface area contributed by atoms with Crippen LogP contribution in [0, 0.1) is 6.92 Å². The Morgan fingerprint density at radius 1 is 1.36 bits per heavy atom. The molecule has 0 amide bonds. The Kier molecular flexibility index (Phi) is 5.54. The van der Waals surface area contributed by atoms with Crippen molar-refractivity contribution in [3.8, 4) is 0 Å². The first-order valence-corrected chi connectivity index (χ1v) is 8.32. The Balaban J connectivity index is 3.30. The second-order valence-corrected chi connectivity index (χ2v) is 7.45. The maximum Gasteiger partial charge on any atom is 0.330 e. The van der Waals surface area contributed by atoms with Crippen molar-refractivity contribution in [2.75, 3.05) is 6.61 Å². The zero-order valence-corrected chi connectivity index (χ0v) is 14.2. The van der Waals surface area contributed by atoms with E-state index in [-0.39, 0.29) is 16.9 Å². The van der Waals surface area contributed by atoms with E-state index in [9.17, 15) is 17.8 Å². The molecule has 0 aliphatic carbocycles. The highest BCUT2D eigenvalue weighted by Gasteiger charge is 2.24. The van der Waals surface area contributed by atoms with E-state index in [1.54, 1.807) is 13.0 Å². The molecule has 0 aliphatic heterocycles. The minimum atomic E-state index is -4.29. The molecule has 0 heterocycles. The van der Waals surface area contributed by atoms with Crippen molar-refractivity contribution in [2.24, 2.45) is 0 Å². The zero-order valence-electron chi connectivity index (χ0n) is 13.3. The lowest BCUT2D eigenvalue weighted by atomic mass is 9.81. The molecule has 0 fully saturated rings. The largest absolute Gasteiger partial charge is 0.462 e. The maximum absolute atomic E-state index is 11.5. The first kappa shape index (κ1) is 18.4. The lowest BCUT2D eigenvalue weighted by Crippen LogP contribution is -2.18. The summed E-state index contributed by atoms with van der Waals surface area (Å²) in [5, 5.41) is 0. The van der Waals surface area contributed by atoms with Gasteiger partial charge in [-0.05, 0) is 35.1 Å². The summed E-state index contributed by atoms with van der Waals surface area (Å²) in [6.07, 6.45) is 1.44. The lowest BCUT2D eigenvalue weighted by molar-refractivity contribution is -0.137. The second kappa shape index (κ2) is 6.62. The fourth-order valence-electron chi connectivity index (χ4n) is 2.35. The van der Waals surface area contributed by atoms with E-state index in [0.29, 0.717) is 12.0 Å². The van der Waals surface area contributed by atoms with Crippen LogP contribution in [0.1, 0.15) is 37.5 Å². The van der Waals surface area contributed by atoms with E-state index >= 15 is 0 Å². The molecule has 0 saturated carbocycles. The Bertz CT molecular complexity index is 681. The molecule has 0 radical (unpaired) electrons. The van der Waals surface area contributed by atoms with Crippen LogP contribution < -0.4 is 0 Å². The molecule has 0 unspecified atom stereocenters. The molecule has 0 aliphatic rings. The minimum Gasteiger partial charge on any atom is -0.462 e. The Hall–Kier alpha value is -1.66. The standard InChI is InChI=1S/C16H22O5S/c1-6-15(17)21-10-9-12-11(2)14(22(18,19)20)8-7-13(12)16(3,4)5/h6-8H,1,9-10H2,2-5H3,(H,18,19,20). The van der Waals surface area contributed by atoms with E-state index in [4.69, 9.17) is 4.74 Å². The van der Waals surface area contributed by atoms with Gasteiger partial charge in [0.15, 0.2) is 0 Å². The summed E-state index contributed by atoms with van der Waals surface area (Å²) in [4.78, 5) is 11.0. The first-order chi connectivity index (χ1) is 9.98. The number of esters is 1. The highest BCUT2D eigenvalue weighted by atomic mass is 32.2. The molecule has 1 aromatic carbocycles. The van der Waals surface area contributed by atoms with Gasteiger partial charge >= 0.3 is 5.97 Å². The van der Waals surface area contributed by atoms with Gasteiger partial charge in [-0.25, -0.2) is 4.79 Å². The van der Waals surface area contributed by atoms with Crippen LogP contribution in [0.5, 0.6) is 0 Å². The van der Waals surface area contributed by atoms with E-state index in [0.717, 1.165) is 17.2 Å². The molecule has 0 bridgehead atoms. The van der Waals surface area contributed by atoms with Gasteiger partial charge in [-0.3, -0.25) is 4.55 Å². The van der Waals surface area contributed by atoms with Crippen LogP contribution in [0.2, 0.25) is 0 Å². The molecule has 0 atom stereocenters. The smallest absolute Gasteiger partial charge is 0.330 e. The Morgan fingerprint density at radius 3 is 2.41 bits per heavy atom. The normalized spacial score (nSPS) is 12.0. The number of rotatable bonds is 5. The average Bonchev–Trinajstić information content (AvgIpc) is 2.37. The third kappa shape index (κ3) is 4.42. The third-order valence-electron chi connectivity index (χ3n) is 3.40. The van der Waals surface area contributed by atoms with Gasteiger partial charge in [0.1, 0.15) is 0 Å². The molecule has 1 N–H and O–H groups in total. The van der Waals surface area contributed by atoms with E-state index < -0.39 is 16.1 Å². The SMILES string of the molecule is C=CC(=O)OCCc1c(C(C)(C)C)ccc(S(=O)(=O)O)c1C.